The number of nitrogens with one attached hydrogen (secondary N) is 1. The fourth-order valence-corrected chi connectivity index (χ4v) is 5.10. The Kier molecular flexibility index (Phi) is 5.30. The molecule has 0 saturated heterocycles. The van der Waals surface area contributed by atoms with E-state index in [0.717, 1.165) is 38.6 Å². The van der Waals surface area contributed by atoms with Crippen LogP contribution >= 0.6 is 34.2 Å². The number of hydrogen-bond donors (Lipinski definition) is 3. The van der Waals surface area contributed by atoms with Gasteiger partial charge in [-0.05, 0) is 36.3 Å². The fraction of sp³-hybridized carbons (Fsp3) is 0.312. The molecule has 0 fully saturated rings. The number of nitrogens with zero attached hydrogens (tertiary/aromatic N) is 1. The van der Waals surface area contributed by atoms with E-state index in [9.17, 15) is 0 Å². The standard InChI is InChI=1S/C16H17N3OS3/c1-10(17)8-13-12(5-2-6-20)14-15(22-13)16(23-19-14)18-9-11-4-3-7-21-11/h3-4,7,10,18,20H,6,8-9,17H2,1H3/t10-/m0/s1. The lowest BCUT2D eigenvalue weighted by atomic mass is 10.1. The van der Waals surface area contributed by atoms with E-state index in [-0.39, 0.29) is 12.6 Å². The van der Waals surface area contributed by atoms with Crippen LogP contribution in [0.15, 0.2) is 17.5 Å². The number of aliphatic hydroxyl groups excluding tert-OH is 1. The molecular weight excluding hydrogens is 346 g/mol. The highest BCUT2D eigenvalue weighted by atomic mass is 32.1. The summed E-state index contributed by atoms with van der Waals surface area (Å²) in [5, 5.41) is 15.6. The van der Waals surface area contributed by atoms with Crippen LogP contribution in [0, 0.1) is 11.8 Å². The largest absolute Gasteiger partial charge is 0.384 e. The molecule has 23 heavy (non-hydrogen) atoms. The van der Waals surface area contributed by atoms with Crippen molar-refractivity contribution in [2.24, 2.45) is 5.73 Å². The third-order valence-electron chi connectivity index (χ3n) is 3.19. The molecule has 3 rings (SSSR count). The zero-order valence-electron chi connectivity index (χ0n) is 12.6. The highest BCUT2D eigenvalue weighted by molar-refractivity contribution is 7.24. The molecule has 120 valence electrons. The van der Waals surface area contributed by atoms with Gasteiger partial charge in [-0.15, -0.1) is 22.7 Å². The number of aliphatic hydroxyl groups is 1. The van der Waals surface area contributed by atoms with E-state index in [1.165, 1.54) is 16.4 Å². The zero-order valence-corrected chi connectivity index (χ0v) is 15.1. The summed E-state index contributed by atoms with van der Waals surface area (Å²) in [4.78, 5) is 2.43. The summed E-state index contributed by atoms with van der Waals surface area (Å²) >= 11 is 4.89. The van der Waals surface area contributed by atoms with Gasteiger partial charge in [-0.2, -0.15) is 4.37 Å². The molecule has 3 aromatic rings. The maximum absolute atomic E-state index is 8.98. The lowest BCUT2D eigenvalue weighted by Crippen LogP contribution is -2.17. The monoisotopic (exact) mass is 363 g/mol. The lowest BCUT2D eigenvalue weighted by molar-refractivity contribution is 0.350. The van der Waals surface area contributed by atoms with Gasteiger partial charge in [0.1, 0.15) is 17.1 Å². The smallest absolute Gasteiger partial charge is 0.127 e. The Balaban J connectivity index is 1.93. The second kappa shape index (κ2) is 7.43. The molecule has 0 aliphatic carbocycles. The van der Waals surface area contributed by atoms with E-state index >= 15 is 0 Å². The Morgan fingerprint density at radius 3 is 3.04 bits per heavy atom. The van der Waals surface area contributed by atoms with Crippen LogP contribution < -0.4 is 11.1 Å². The number of fused-ring (bicyclic) bond motifs is 1. The molecule has 0 saturated carbocycles. The van der Waals surface area contributed by atoms with Crippen LogP contribution in [0.5, 0.6) is 0 Å². The molecule has 7 heteroatoms. The molecule has 0 unspecified atom stereocenters. The molecule has 3 aromatic heterocycles. The van der Waals surface area contributed by atoms with Crippen molar-refractivity contribution in [1.29, 1.82) is 0 Å². The number of rotatable bonds is 5. The third-order valence-corrected chi connectivity index (χ3v) is 6.22. The van der Waals surface area contributed by atoms with E-state index in [1.54, 1.807) is 22.7 Å². The Labute approximate surface area is 147 Å². The molecule has 0 aromatic carbocycles. The normalized spacial score (nSPS) is 12.1. The van der Waals surface area contributed by atoms with Crippen LogP contribution in [0.25, 0.3) is 10.2 Å². The summed E-state index contributed by atoms with van der Waals surface area (Å²) in [5.74, 6) is 5.78. The van der Waals surface area contributed by atoms with Crippen molar-refractivity contribution in [3.63, 3.8) is 0 Å². The van der Waals surface area contributed by atoms with Crippen molar-refractivity contribution in [3.8, 4) is 11.8 Å². The molecule has 0 aliphatic heterocycles. The Morgan fingerprint density at radius 2 is 2.35 bits per heavy atom. The van der Waals surface area contributed by atoms with Gasteiger partial charge in [-0.25, -0.2) is 0 Å². The summed E-state index contributed by atoms with van der Waals surface area (Å²) in [7, 11) is 0. The molecule has 0 amide bonds. The predicted molar refractivity (Wildman–Crippen MR) is 100 cm³/mol. The fourth-order valence-electron chi connectivity index (χ4n) is 2.23. The second-order valence-corrected chi connectivity index (χ2v) is 8.07. The van der Waals surface area contributed by atoms with Crippen molar-refractivity contribution in [3.05, 3.63) is 32.8 Å². The maximum atomic E-state index is 8.98. The van der Waals surface area contributed by atoms with E-state index in [4.69, 9.17) is 10.8 Å². The van der Waals surface area contributed by atoms with Crippen LogP contribution in [0.1, 0.15) is 22.2 Å². The van der Waals surface area contributed by atoms with Gasteiger partial charge >= 0.3 is 0 Å². The summed E-state index contributed by atoms with van der Waals surface area (Å²) in [6.07, 6.45) is 0.769. The van der Waals surface area contributed by atoms with E-state index in [2.05, 4.69) is 39.0 Å². The number of thiophene rings is 2. The average Bonchev–Trinajstić information content (AvgIpc) is 3.20. The minimum atomic E-state index is -0.150. The summed E-state index contributed by atoms with van der Waals surface area (Å²) < 4.78 is 5.70. The van der Waals surface area contributed by atoms with E-state index in [0.29, 0.717) is 0 Å². The van der Waals surface area contributed by atoms with Crippen LogP contribution in [-0.4, -0.2) is 22.1 Å². The van der Waals surface area contributed by atoms with Crippen molar-refractivity contribution < 1.29 is 5.11 Å². The van der Waals surface area contributed by atoms with Crippen molar-refractivity contribution >= 4 is 49.4 Å². The van der Waals surface area contributed by atoms with Gasteiger partial charge in [0.25, 0.3) is 0 Å². The quantitative estimate of drug-likeness (QED) is 0.609. The van der Waals surface area contributed by atoms with Crippen LogP contribution in [0.3, 0.4) is 0 Å². The first-order chi connectivity index (χ1) is 11.2. The summed E-state index contributed by atoms with van der Waals surface area (Å²) in [5.41, 5.74) is 7.79. The van der Waals surface area contributed by atoms with Gasteiger partial charge in [0.2, 0.25) is 0 Å². The molecule has 0 spiro atoms. The molecule has 0 radical (unpaired) electrons. The predicted octanol–water partition coefficient (Wildman–Crippen LogP) is 3.26. The second-order valence-electron chi connectivity index (χ2n) is 5.16. The van der Waals surface area contributed by atoms with Crippen molar-refractivity contribution in [2.45, 2.75) is 25.9 Å². The Hall–Kier alpha value is -1.43. The van der Waals surface area contributed by atoms with Crippen LogP contribution in [0.4, 0.5) is 5.00 Å². The Morgan fingerprint density at radius 1 is 1.48 bits per heavy atom. The molecule has 4 nitrogen and oxygen atoms in total. The molecule has 0 aliphatic rings. The van der Waals surface area contributed by atoms with Crippen molar-refractivity contribution in [1.82, 2.24) is 4.37 Å². The topological polar surface area (TPSA) is 71.2 Å². The third kappa shape index (κ3) is 3.74. The van der Waals surface area contributed by atoms with Crippen LogP contribution in [-0.2, 0) is 13.0 Å². The highest BCUT2D eigenvalue weighted by Gasteiger charge is 2.18. The minimum absolute atomic E-state index is 0.0682. The van der Waals surface area contributed by atoms with Gasteiger partial charge in [0.15, 0.2) is 0 Å². The number of anilines is 1. The van der Waals surface area contributed by atoms with E-state index in [1.807, 2.05) is 6.92 Å². The summed E-state index contributed by atoms with van der Waals surface area (Å²) in [6, 6.07) is 4.24. The molecule has 1 atom stereocenters. The van der Waals surface area contributed by atoms with Crippen molar-refractivity contribution in [2.75, 3.05) is 11.9 Å². The minimum Gasteiger partial charge on any atom is -0.384 e. The number of hydrogen-bond acceptors (Lipinski definition) is 7. The van der Waals surface area contributed by atoms with Gasteiger partial charge in [0.05, 0.1) is 16.8 Å². The van der Waals surface area contributed by atoms with Gasteiger partial charge < -0.3 is 16.2 Å². The van der Waals surface area contributed by atoms with Gasteiger partial charge in [-0.3, -0.25) is 0 Å². The summed E-state index contributed by atoms with van der Waals surface area (Å²) in [6.45, 7) is 2.63. The lowest BCUT2D eigenvalue weighted by Gasteiger charge is -2.03. The first-order valence-electron chi connectivity index (χ1n) is 7.21. The number of nitrogens with two attached hydrogens (primary N) is 1. The zero-order chi connectivity index (χ0) is 16.2. The Bertz CT molecular complexity index is 837. The van der Waals surface area contributed by atoms with Gasteiger partial charge in [-0.1, -0.05) is 17.9 Å². The SMILES string of the molecule is C[C@H](N)Cc1sc2c(NCc3cccs3)snc2c1C#CCO. The number of aromatic nitrogens is 1. The maximum Gasteiger partial charge on any atom is 0.127 e. The molecule has 4 N–H and O–H groups in total. The molecule has 3 heterocycles. The highest BCUT2D eigenvalue weighted by Crippen LogP contribution is 2.39. The van der Waals surface area contributed by atoms with Gasteiger partial charge in [0, 0.05) is 15.8 Å². The molecular formula is C16H17N3OS3. The first-order valence-corrected chi connectivity index (χ1v) is 9.68. The van der Waals surface area contributed by atoms with E-state index < -0.39 is 0 Å². The first kappa shape index (κ1) is 16.4. The average molecular weight is 364 g/mol. The molecule has 0 bridgehead atoms. The van der Waals surface area contributed by atoms with Crippen LogP contribution in [0.2, 0.25) is 0 Å².